The second kappa shape index (κ2) is 17.2. The Labute approximate surface area is 255 Å². The van der Waals surface area contributed by atoms with E-state index in [1.165, 1.54) is 25.9 Å². The van der Waals surface area contributed by atoms with E-state index in [4.69, 9.17) is 34.4 Å². The van der Waals surface area contributed by atoms with E-state index in [0.29, 0.717) is 30.3 Å². The number of aliphatic carboxylic acids is 3. The lowest BCUT2D eigenvalue weighted by molar-refractivity contribution is -0.193. The molecule has 1 aromatic rings. The molecule has 0 aromatic carbocycles. The number of methoxy groups -OCH3 is 1. The number of rotatable bonds is 6. The van der Waals surface area contributed by atoms with Crippen molar-refractivity contribution in [3.63, 3.8) is 0 Å². The Hall–Kier alpha value is -3.88. The largest absolute Gasteiger partial charge is 0.490 e. The zero-order chi connectivity index (χ0) is 35.5. The Kier molecular flexibility index (Phi) is 15.0. The highest BCUT2D eigenvalue weighted by Gasteiger charge is 2.46. The first-order chi connectivity index (χ1) is 21.1. The van der Waals surface area contributed by atoms with Gasteiger partial charge in [0.1, 0.15) is 0 Å². The van der Waals surface area contributed by atoms with Crippen molar-refractivity contribution < 1.29 is 78.7 Å². The molecular formula is C25H31F9N4O8. The fourth-order valence-electron chi connectivity index (χ4n) is 4.70. The van der Waals surface area contributed by atoms with Crippen molar-refractivity contribution in [3.05, 3.63) is 23.9 Å². The quantitative estimate of drug-likeness (QED) is 0.377. The number of carbonyl (C=O) groups is 4. The number of nitrogens with zero attached hydrogens (tertiary/aromatic N) is 4. The van der Waals surface area contributed by atoms with Crippen LogP contribution in [-0.2, 0) is 25.7 Å². The van der Waals surface area contributed by atoms with Gasteiger partial charge in [-0.2, -0.15) is 39.5 Å². The van der Waals surface area contributed by atoms with Crippen LogP contribution in [0.25, 0.3) is 0 Å². The number of hydrogen-bond donors (Lipinski definition) is 3. The van der Waals surface area contributed by atoms with Crippen molar-refractivity contribution in [1.29, 1.82) is 0 Å². The minimum Gasteiger partial charge on any atom is -0.481 e. The first-order valence-corrected chi connectivity index (χ1v) is 13.2. The molecule has 2 atom stereocenters. The first-order valence-electron chi connectivity index (χ1n) is 13.2. The molecule has 0 bridgehead atoms. The third-order valence-corrected chi connectivity index (χ3v) is 6.73. The number of aromatic nitrogens is 1. The van der Waals surface area contributed by atoms with Gasteiger partial charge in [-0.15, -0.1) is 0 Å². The third-order valence-electron chi connectivity index (χ3n) is 6.73. The summed E-state index contributed by atoms with van der Waals surface area (Å²) >= 11 is 0. The molecule has 3 fully saturated rings. The van der Waals surface area contributed by atoms with Gasteiger partial charge in [-0.05, 0) is 38.4 Å². The number of halogens is 9. The van der Waals surface area contributed by atoms with Crippen LogP contribution in [0.1, 0.15) is 31.2 Å². The smallest absolute Gasteiger partial charge is 0.481 e. The van der Waals surface area contributed by atoms with Gasteiger partial charge in [0, 0.05) is 56.4 Å². The predicted octanol–water partition coefficient (Wildman–Crippen LogP) is 3.26. The zero-order valence-corrected chi connectivity index (χ0v) is 24.0. The maximum absolute atomic E-state index is 12.6. The summed E-state index contributed by atoms with van der Waals surface area (Å²) in [6, 6.07) is 4.75. The van der Waals surface area contributed by atoms with E-state index < -0.39 is 36.4 Å². The fraction of sp³-hybridized carbons (Fsp3) is 0.640. The Morgan fingerprint density at radius 2 is 1.33 bits per heavy atom. The molecule has 0 spiro atoms. The Bertz CT molecular complexity index is 1120. The normalized spacial score (nSPS) is 20.0. The van der Waals surface area contributed by atoms with Crippen LogP contribution in [0.15, 0.2) is 18.3 Å². The molecule has 4 rings (SSSR count). The number of likely N-dealkylation sites (tertiary alicyclic amines) is 3. The Balaban J connectivity index is 0.000000413. The average molecular weight is 687 g/mol. The van der Waals surface area contributed by atoms with Gasteiger partial charge in [-0.25, -0.2) is 19.4 Å². The molecule has 3 N–H and O–H groups in total. The Morgan fingerprint density at radius 3 is 1.76 bits per heavy atom. The lowest BCUT2D eigenvalue weighted by Gasteiger charge is -2.27. The summed E-state index contributed by atoms with van der Waals surface area (Å²) in [5.41, 5.74) is 1.11. The van der Waals surface area contributed by atoms with Crippen LogP contribution in [0, 0.1) is 0 Å². The van der Waals surface area contributed by atoms with Gasteiger partial charge in [0.05, 0.1) is 7.11 Å². The van der Waals surface area contributed by atoms with Gasteiger partial charge in [0.15, 0.2) is 0 Å². The third kappa shape index (κ3) is 13.2. The summed E-state index contributed by atoms with van der Waals surface area (Å²) in [5.74, 6) is -7.24. The van der Waals surface area contributed by atoms with E-state index >= 15 is 0 Å². The van der Waals surface area contributed by atoms with E-state index in [2.05, 4.69) is 25.8 Å². The number of carbonyl (C=O) groups excluding carboxylic acids is 1. The number of pyridine rings is 1. The van der Waals surface area contributed by atoms with Gasteiger partial charge in [0.25, 0.3) is 0 Å². The highest BCUT2D eigenvalue weighted by molar-refractivity contribution is 5.80. The maximum atomic E-state index is 12.6. The molecule has 12 nitrogen and oxygen atoms in total. The molecule has 1 amide bonds. The van der Waals surface area contributed by atoms with Crippen LogP contribution in [0.2, 0.25) is 0 Å². The number of amides is 1. The predicted molar refractivity (Wildman–Crippen MR) is 136 cm³/mol. The van der Waals surface area contributed by atoms with Crippen molar-refractivity contribution in [2.24, 2.45) is 0 Å². The monoisotopic (exact) mass is 686 g/mol. The minimum absolute atomic E-state index is 0.331. The van der Waals surface area contributed by atoms with E-state index in [1.54, 1.807) is 13.3 Å². The molecule has 3 aliphatic rings. The number of carboxylic acids is 3. The second-order valence-corrected chi connectivity index (χ2v) is 9.81. The molecule has 0 saturated carbocycles. The van der Waals surface area contributed by atoms with Crippen LogP contribution < -0.4 is 4.74 Å². The van der Waals surface area contributed by atoms with Crippen LogP contribution in [0.5, 0.6) is 5.88 Å². The van der Waals surface area contributed by atoms with Crippen molar-refractivity contribution in [1.82, 2.24) is 19.7 Å². The summed E-state index contributed by atoms with van der Waals surface area (Å²) in [7, 11) is 1.66. The van der Waals surface area contributed by atoms with Crippen LogP contribution in [0.3, 0.4) is 0 Å². The lowest BCUT2D eigenvalue weighted by atomic mass is 10.1. The van der Waals surface area contributed by atoms with E-state index in [-0.39, 0.29) is 0 Å². The van der Waals surface area contributed by atoms with E-state index in [9.17, 15) is 44.3 Å². The summed E-state index contributed by atoms with van der Waals surface area (Å²) in [6.07, 6.45) is -9.14. The van der Waals surface area contributed by atoms with Gasteiger partial charge in [-0.1, -0.05) is 6.07 Å². The molecule has 262 valence electrons. The lowest BCUT2D eigenvalue weighted by Crippen LogP contribution is -2.41. The SMILES string of the molecule is COc1ncccc1CN1CC[C@@H]2[C@@H]1CC(=O)N2CCN1CCCC1.O=C(O)C(F)(F)F.O=C(O)C(F)(F)F.O=C(O)C(F)(F)F. The minimum atomic E-state index is -5.08. The van der Waals surface area contributed by atoms with Crippen LogP contribution >= 0.6 is 0 Å². The molecule has 4 heterocycles. The van der Waals surface area contributed by atoms with E-state index in [1.807, 2.05) is 6.07 Å². The number of hydrogen-bond acceptors (Lipinski definition) is 8. The number of alkyl halides is 9. The number of fused-ring (bicyclic) bond motifs is 1. The van der Waals surface area contributed by atoms with E-state index in [0.717, 1.165) is 38.2 Å². The van der Waals surface area contributed by atoms with Crippen molar-refractivity contribution in [3.8, 4) is 5.88 Å². The van der Waals surface area contributed by atoms with Crippen molar-refractivity contribution in [2.75, 3.05) is 39.8 Å². The number of ether oxygens (including phenoxy) is 1. The summed E-state index contributed by atoms with van der Waals surface area (Å²) in [4.78, 5) is 50.6. The molecule has 3 aliphatic heterocycles. The number of carboxylic acid groups (broad SMARTS) is 3. The van der Waals surface area contributed by atoms with Gasteiger partial charge in [-0.3, -0.25) is 9.69 Å². The topological polar surface area (TPSA) is 161 Å². The molecule has 1 aromatic heterocycles. The summed E-state index contributed by atoms with van der Waals surface area (Å²) < 4.78 is 101. The fourth-order valence-corrected chi connectivity index (χ4v) is 4.70. The molecule has 0 unspecified atom stereocenters. The Morgan fingerprint density at radius 1 is 0.848 bits per heavy atom. The van der Waals surface area contributed by atoms with Gasteiger partial charge in [0.2, 0.25) is 11.8 Å². The highest BCUT2D eigenvalue weighted by atomic mass is 19.4. The molecule has 46 heavy (non-hydrogen) atoms. The maximum Gasteiger partial charge on any atom is 0.490 e. The van der Waals surface area contributed by atoms with Crippen molar-refractivity contribution >= 4 is 23.8 Å². The molecular weight excluding hydrogens is 655 g/mol. The average Bonchev–Trinajstić information content (AvgIpc) is 3.66. The van der Waals surface area contributed by atoms with Crippen LogP contribution in [0.4, 0.5) is 39.5 Å². The van der Waals surface area contributed by atoms with Crippen molar-refractivity contribution in [2.45, 2.75) is 62.8 Å². The van der Waals surface area contributed by atoms with Gasteiger partial charge >= 0.3 is 36.4 Å². The summed E-state index contributed by atoms with van der Waals surface area (Å²) in [6.45, 7) is 6.17. The molecule has 0 aliphatic carbocycles. The first kappa shape index (κ1) is 40.1. The summed E-state index contributed by atoms with van der Waals surface area (Å²) in [5, 5.41) is 21.4. The van der Waals surface area contributed by atoms with Gasteiger partial charge < -0.3 is 29.9 Å². The second-order valence-electron chi connectivity index (χ2n) is 9.81. The standard InChI is InChI=1S/C19H28N4O2.3C2HF3O2/c1-25-19-15(5-4-7-20-19)14-22-10-6-16-17(22)13-18(24)23(16)12-11-21-8-2-3-9-21;3*3-2(4,5)1(6)7/h4-5,7,16-17H,2-3,6,8-14H2,1H3;3*(H,6,7)/t16-,17+;;;/m1.../s1. The molecule has 0 radical (unpaired) electrons. The zero-order valence-electron chi connectivity index (χ0n) is 24.0. The molecule has 21 heteroatoms. The molecule has 3 saturated heterocycles. The van der Waals surface area contributed by atoms with Crippen LogP contribution in [-0.4, -0.2) is 129 Å². The highest BCUT2D eigenvalue weighted by Crippen LogP contribution is 2.34.